The van der Waals surface area contributed by atoms with Gasteiger partial charge in [-0.2, -0.15) is 5.10 Å². The van der Waals surface area contributed by atoms with Gasteiger partial charge in [0.15, 0.2) is 0 Å². The SMILES string of the molecule is COc1cc2ccccc2cc1C(=O)NN=Cc1cccn1-c1ccc(C)cc1C. The van der Waals surface area contributed by atoms with Crippen molar-refractivity contribution in [2.45, 2.75) is 13.8 Å². The topological polar surface area (TPSA) is 55.6 Å². The molecule has 0 aliphatic heterocycles. The Hall–Kier alpha value is -3.86. The Morgan fingerprint density at radius 3 is 2.50 bits per heavy atom. The Morgan fingerprint density at radius 2 is 1.77 bits per heavy atom. The second-order valence-corrected chi connectivity index (χ2v) is 7.19. The van der Waals surface area contributed by atoms with Gasteiger partial charge < -0.3 is 9.30 Å². The first kappa shape index (κ1) is 19.5. The molecule has 5 nitrogen and oxygen atoms in total. The number of rotatable bonds is 5. The molecular formula is C25H23N3O2. The van der Waals surface area contributed by atoms with Gasteiger partial charge in [-0.3, -0.25) is 4.79 Å². The summed E-state index contributed by atoms with van der Waals surface area (Å²) in [5.74, 6) is 0.193. The zero-order valence-corrected chi connectivity index (χ0v) is 17.2. The number of carbonyl (C=O) groups excluding carboxylic acids is 1. The van der Waals surface area contributed by atoms with Crippen LogP contribution in [0.1, 0.15) is 27.2 Å². The Bertz CT molecular complexity index is 1250. The highest BCUT2D eigenvalue weighted by Crippen LogP contribution is 2.26. The first-order valence-electron chi connectivity index (χ1n) is 9.72. The highest BCUT2D eigenvalue weighted by atomic mass is 16.5. The average Bonchev–Trinajstić information content (AvgIpc) is 3.20. The number of amides is 1. The van der Waals surface area contributed by atoms with Crippen molar-refractivity contribution >= 4 is 22.9 Å². The van der Waals surface area contributed by atoms with Crippen LogP contribution >= 0.6 is 0 Å². The fraction of sp³-hybridized carbons (Fsp3) is 0.120. The van der Waals surface area contributed by atoms with Crippen molar-refractivity contribution < 1.29 is 9.53 Å². The van der Waals surface area contributed by atoms with Crippen LogP contribution in [-0.2, 0) is 0 Å². The largest absolute Gasteiger partial charge is 0.496 e. The highest BCUT2D eigenvalue weighted by molar-refractivity contribution is 6.01. The van der Waals surface area contributed by atoms with Gasteiger partial charge >= 0.3 is 0 Å². The summed E-state index contributed by atoms with van der Waals surface area (Å²) in [5, 5.41) is 6.16. The van der Waals surface area contributed by atoms with Gasteiger partial charge in [-0.15, -0.1) is 0 Å². The fourth-order valence-corrected chi connectivity index (χ4v) is 3.58. The van der Waals surface area contributed by atoms with Crippen molar-refractivity contribution in [3.8, 4) is 11.4 Å². The lowest BCUT2D eigenvalue weighted by molar-refractivity contribution is 0.0952. The van der Waals surface area contributed by atoms with Crippen LogP contribution in [0.5, 0.6) is 5.75 Å². The summed E-state index contributed by atoms with van der Waals surface area (Å²) < 4.78 is 7.45. The number of hydrogen-bond donors (Lipinski definition) is 1. The second kappa shape index (κ2) is 8.25. The molecule has 0 fully saturated rings. The van der Waals surface area contributed by atoms with E-state index >= 15 is 0 Å². The molecule has 0 radical (unpaired) electrons. The lowest BCUT2D eigenvalue weighted by Crippen LogP contribution is -2.18. The van der Waals surface area contributed by atoms with Gasteiger partial charge in [0.05, 0.1) is 24.6 Å². The van der Waals surface area contributed by atoms with Crippen LogP contribution in [0.3, 0.4) is 0 Å². The minimum atomic E-state index is -0.321. The number of nitrogens with one attached hydrogen (secondary N) is 1. The molecule has 0 atom stereocenters. The highest BCUT2D eigenvalue weighted by Gasteiger charge is 2.13. The summed E-state index contributed by atoms with van der Waals surface area (Å²) in [5.41, 5.74) is 7.40. The van der Waals surface area contributed by atoms with Crippen molar-refractivity contribution in [2.24, 2.45) is 5.10 Å². The van der Waals surface area contributed by atoms with E-state index in [0.29, 0.717) is 11.3 Å². The molecule has 5 heteroatoms. The lowest BCUT2D eigenvalue weighted by Gasteiger charge is -2.11. The molecule has 0 bridgehead atoms. The standard InChI is InChI=1S/C25H23N3O2/c1-17-10-11-23(18(2)13-17)28-12-6-9-21(28)16-26-27-25(29)22-14-19-7-4-5-8-20(19)15-24(22)30-3/h4-16H,1-3H3,(H,27,29). The van der Waals surface area contributed by atoms with Gasteiger partial charge in [-0.1, -0.05) is 42.0 Å². The summed E-state index contributed by atoms with van der Waals surface area (Å²) in [6, 6.07) is 21.7. The maximum absolute atomic E-state index is 12.7. The van der Waals surface area contributed by atoms with Crippen LogP contribution < -0.4 is 10.2 Å². The third kappa shape index (κ3) is 3.82. The van der Waals surface area contributed by atoms with Gasteiger partial charge in [-0.25, -0.2) is 5.43 Å². The smallest absolute Gasteiger partial charge is 0.275 e. The quantitative estimate of drug-likeness (QED) is 0.380. The van der Waals surface area contributed by atoms with E-state index in [-0.39, 0.29) is 5.91 Å². The van der Waals surface area contributed by atoms with Gasteiger partial charge in [-0.05, 0) is 60.5 Å². The van der Waals surface area contributed by atoms with Crippen LogP contribution in [0.4, 0.5) is 0 Å². The van der Waals surface area contributed by atoms with E-state index in [2.05, 4.69) is 42.6 Å². The number of aromatic nitrogens is 1. The number of ether oxygens (including phenoxy) is 1. The summed E-state index contributed by atoms with van der Waals surface area (Å²) in [4.78, 5) is 12.7. The molecule has 4 rings (SSSR count). The van der Waals surface area contributed by atoms with Gasteiger partial charge in [0.25, 0.3) is 5.91 Å². The Kier molecular flexibility index (Phi) is 5.35. The van der Waals surface area contributed by atoms with E-state index in [9.17, 15) is 4.79 Å². The summed E-state index contributed by atoms with van der Waals surface area (Å²) in [6.07, 6.45) is 3.62. The van der Waals surface area contributed by atoms with Crippen LogP contribution in [0.25, 0.3) is 16.5 Å². The minimum Gasteiger partial charge on any atom is -0.496 e. The molecule has 4 aromatic rings. The zero-order valence-electron chi connectivity index (χ0n) is 17.2. The molecule has 1 aromatic heterocycles. The maximum atomic E-state index is 12.7. The van der Waals surface area contributed by atoms with E-state index in [4.69, 9.17) is 4.74 Å². The third-order valence-electron chi connectivity index (χ3n) is 5.07. The van der Waals surface area contributed by atoms with Gasteiger partial charge in [0.2, 0.25) is 0 Å². The maximum Gasteiger partial charge on any atom is 0.275 e. The van der Waals surface area contributed by atoms with Gasteiger partial charge in [0.1, 0.15) is 5.75 Å². The number of fused-ring (bicyclic) bond motifs is 1. The number of benzene rings is 3. The van der Waals surface area contributed by atoms with Crippen LogP contribution in [0.2, 0.25) is 0 Å². The van der Waals surface area contributed by atoms with Crippen LogP contribution in [-0.4, -0.2) is 23.8 Å². The molecule has 3 aromatic carbocycles. The Labute approximate surface area is 175 Å². The monoisotopic (exact) mass is 397 g/mol. The van der Waals surface area contributed by atoms with Crippen molar-refractivity contribution in [2.75, 3.05) is 7.11 Å². The second-order valence-electron chi connectivity index (χ2n) is 7.19. The Morgan fingerprint density at radius 1 is 1.00 bits per heavy atom. The first-order valence-corrected chi connectivity index (χ1v) is 9.72. The molecule has 0 saturated carbocycles. The van der Waals surface area contributed by atoms with E-state index < -0.39 is 0 Å². The molecule has 1 N–H and O–H groups in total. The number of carbonyl (C=O) groups is 1. The zero-order chi connectivity index (χ0) is 21.1. The summed E-state index contributed by atoms with van der Waals surface area (Å²) >= 11 is 0. The first-order chi connectivity index (χ1) is 14.6. The molecule has 0 unspecified atom stereocenters. The molecule has 0 saturated heterocycles. The van der Waals surface area contributed by atoms with Gasteiger partial charge in [0, 0.05) is 11.9 Å². The average molecular weight is 397 g/mol. The van der Waals surface area contributed by atoms with E-state index in [0.717, 1.165) is 22.2 Å². The fourth-order valence-electron chi connectivity index (χ4n) is 3.58. The van der Waals surface area contributed by atoms with Crippen molar-refractivity contribution in [1.29, 1.82) is 0 Å². The van der Waals surface area contributed by atoms with E-state index in [1.54, 1.807) is 13.3 Å². The molecule has 150 valence electrons. The molecule has 0 spiro atoms. The number of hydrazone groups is 1. The number of aryl methyl sites for hydroxylation is 2. The molecular weight excluding hydrogens is 374 g/mol. The van der Waals surface area contributed by atoms with Crippen molar-refractivity contribution in [3.63, 3.8) is 0 Å². The molecule has 1 heterocycles. The predicted octanol–water partition coefficient (Wildman–Crippen LogP) is 5.02. The predicted molar refractivity (Wildman–Crippen MR) is 121 cm³/mol. The van der Waals surface area contributed by atoms with Crippen LogP contribution in [0.15, 0.2) is 78.0 Å². The molecule has 0 aliphatic carbocycles. The minimum absolute atomic E-state index is 0.321. The number of methoxy groups -OCH3 is 1. The molecule has 30 heavy (non-hydrogen) atoms. The number of nitrogens with zero attached hydrogens (tertiary/aromatic N) is 2. The van der Waals surface area contributed by atoms with Crippen molar-refractivity contribution in [3.05, 3.63) is 95.3 Å². The Balaban J connectivity index is 1.57. The molecule has 1 amide bonds. The number of hydrogen-bond acceptors (Lipinski definition) is 3. The van der Waals surface area contributed by atoms with Crippen LogP contribution in [0, 0.1) is 13.8 Å². The third-order valence-corrected chi connectivity index (χ3v) is 5.07. The lowest BCUT2D eigenvalue weighted by atomic mass is 10.1. The summed E-state index contributed by atoms with van der Waals surface area (Å²) in [6.45, 7) is 4.16. The van der Waals surface area contributed by atoms with E-state index in [1.807, 2.05) is 59.3 Å². The van der Waals surface area contributed by atoms with Crippen molar-refractivity contribution in [1.82, 2.24) is 9.99 Å². The normalized spacial score (nSPS) is 11.2. The van der Waals surface area contributed by atoms with E-state index in [1.165, 1.54) is 11.1 Å². The molecule has 0 aliphatic rings. The summed E-state index contributed by atoms with van der Waals surface area (Å²) in [7, 11) is 1.56.